The Morgan fingerprint density at radius 1 is 1.14 bits per heavy atom. The number of benzene rings is 2. The molecule has 2 rings (SSSR count). The van der Waals surface area contributed by atoms with Crippen LogP contribution in [-0.4, -0.2) is 12.2 Å². The van der Waals surface area contributed by atoms with Crippen molar-refractivity contribution in [3.8, 4) is 5.75 Å². The largest absolute Gasteiger partial charge is 0.496 e. The Bertz CT molecular complexity index is 686. The Morgan fingerprint density at radius 3 is 2.43 bits per heavy atom. The molecule has 0 aliphatic carbocycles. The highest BCUT2D eigenvalue weighted by Crippen LogP contribution is 2.40. The number of aliphatic hydroxyl groups is 1. The minimum atomic E-state index is -0.750. The Labute approximate surface area is 155 Å². The lowest BCUT2D eigenvalue weighted by molar-refractivity contribution is 0.212. The third kappa shape index (κ3) is 3.46. The van der Waals surface area contributed by atoms with Crippen LogP contribution in [0.15, 0.2) is 33.2 Å². The van der Waals surface area contributed by atoms with Crippen LogP contribution in [0.25, 0.3) is 0 Å². The molecule has 1 atom stereocenters. The van der Waals surface area contributed by atoms with Crippen molar-refractivity contribution in [2.75, 3.05) is 7.11 Å². The average Bonchev–Trinajstić information content (AvgIpc) is 2.44. The zero-order valence-corrected chi connectivity index (χ0v) is 17.2. The van der Waals surface area contributed by atoms with Gasteiger partial charge in [0.15, 0.2) is 0 Å². The van der Waals surface area contributed by atoms with Crippen LogP contribution in [0.1, 0.15) is 28.4 Å². The second kappa shape index (κ2) is 6.98. The normalized spacial score (nSPS) is 12.3. The third-order valence-corrected chi connectivity index (χ3v) is 5.66. The lowest BCUT2D eigenvalue weighted by atomic mass is 9.94. The van der Waals surface area contributed by atoms with Crippen molar-refractivity contribution in [2.24, 2.45) is 0 Å². The summed E-state index contributed by atoms with van der Waals surface area (Å²) in [5.41, 5.74) is 3.61. The van der Waals surface area contributed by atoms with E-state index in [0.29, 0.717) is 0 Å². The maximum atomic E-state index is 10.9. The van der Waals surface area contributed by atoms with Gasteiger partial charge in [0, 0.05) is 23.6 Å². The van der Waals surface area contributed by atoms with Gasteiger partial charge < -0.3 is 9.84 Å². The first-order valence-corrected chi connectivity index (χ1v) is 8.99. The van der Waals surface area contributed by atoms with E-state index in [0.717, 1.165) is 40.5 Å². The average molecular weight is 526 g/mol. The van der Waals surface area contributed by atoms with Gasteiger partial charge in [-0.2, -0.15) is 0 Å². The van der Waals surface area contributed by atoms with Crippen LogP contribution >= 0.6 is 54.5 Å². The minimum Gasteiger partial charge on any atom is -0.496 e. The summed E-state index contributed by atoms with van der Waals surface area (Å²) in [6.07, 6.45) is -0.750. The molecule has 21 heavy (non-hydrogen) atoms. The number of rotatable bonds is 3. The van der Waals surface area contributed by atoms with E-state index in [2.05, 4.69) is 54.5 Å². The van der Waals surface area contributed by atoms with E-state index in [9.17, 15) is 5.11 Å². The number of ether oxygens (including phenoxy) is 1. The van der Waals surface area contributed by atoms with Gasteiger partial charge in [-0.3, -0.25) is 0 Å². The first kappa shape index (κ1) is 17.2. The van der Waals surface area contributed by atoms with E-state index in [1.807, 2.05) is 38.1 Å². The van der Waals surface area contributed by atoms with E-state index < -0.39 is 6.10 Å². The van der Waals surface area contributed by atoms with E-state index >= 15 is 0 Å². The summed E-state index contributed by atoms with van der Waals surface area (Å²) in [7, 11) is 1.63. The molecule has 0 spiro atoms. The molecule has 0 aliphatic rings. The highest BCUT2D eigenvalue weighted by atomic mass is 127. The molecular weight excluding hydrogens is 511 g/mol. The van der Waals surface area contributed by atoms with Crippen LogP contribution in [0.5, 0.6) is 5.75 Å². The summed E-state index contributed by atoms with van der Waals surface area (Å²) in [4.78, 5) is 0. The molecule has 5 heteroatoms. The fourth-order valence-electron chi connectivity index (χ4n) is 2.36. The highest BCUT2D eigenvalue weighted by Gasteiger charge is 2.23. The molecule has 0 fully saturated rings. The number of aryl methyl sites for hydroxylation is 1. The summed E-state index contributed by atoms with van der Waals surface area (Å²) in [5.74, 6) is 0.731. The van der Waals surface area contributed by atoms with Crippen LogP contribution in [0.2, 0.25) is 0 Å². The second-order valence-corrected chi connectivity index (χ2v) is 7.77. The summed E-state index contributed by atoms with van der Waals surface area (Å²) >= 11 is 9.32. The SMILES string of the molecule is COc1c(C)cc(Br)c(C)c1C(O)c1cc(I)ccc1Br. The molecule has 2 aromatic rings. The molecule has 0 aromatic heterocycles. The van der Waals surface area contributed by atoms with Gasteiger partial charge in [0.1, 0.15) is 11.9 Å². The summed E-state index contributed by atoms with van der Waals surface area (Å²) in [6.45, 7) is 3.95. The molecule has 112 valence electrons. The Morgan fingerprint density at radius 2 is 1.81 bits per heavy atom. The predicted molar refractivity (Wildman–Crippen MR) is 101 cm³/mol. The summed E-state index contributed by atoms with van der Waals surface area (Å²) in [5, 5.41) is 10.9. The smallest absolute Gasteiger partial charge is 0.128 e. The molecule has 0 saturated carbocycles. The topological polar surface area (TPSA) is 29.5 Å². The summed E-state index contributed by atoms with van der Waals surface area (Å²) < 4.78 is 8.46. The van der Waals surface area contributed by atoms with E-state index in [1.54, 1.807) is 7.11 Å². The zero-order valence-electron chi connectivity index (χ0n) is 11.9. The molecule has 0 aliphatic heterocycles. The lowest BCUT2D eigenvalue weighted by Crippen LogP contribution is -2.07. The van der Waals surface area contributed by atoms with Crippen molar-refractivity contribution < 1.29 is 9.84 Å². The third-order valence-electron chi connectivity index (χ3n) is 3.44. The minimum absolute atomic E-state index is 0.731. The fourth-order valence-corrected chi connectivity index (χ4v) is 3.89. The van der Waals surface area contributed by atoms with Crippen molar-refractivity contribution >= 4 is 54.5 Å². The second-order valence-electron chi connectivity index (χ2n) is 4.82. The van der Waals surface area contributed by atoms with E-state index in [-0.39, 0.29) is 0 Å². The van der Waals surface area contributed by atoms with Crippen molar-refractivity contribution in [1.29, 1.82) is 0 Å². The van der Waals surface area contributed by atoms with Crippen molar-refractivity contribution in [3.05, 3.63) is 59.0 Å². The fraction of sp³-hybridized carbons (Fsp3) is 0.250. The van der Waals surface area contributed by atoms with Gasteiger partial charge >= 0.3 is 0 Å². The van der Waals surface area contributed by atoms with Crippen LogP contribution < -0.4 is 4.74 Å². The van der Waals surface area contributed by atoms with Gasteiger partial charge in [-0.15, -0.1) is 0 Å². The first-order chi connectivity index (χ1) is 9.86. The number of methoxy groups -OCH3 is 1. The van der Waals surface area contributed by atoms with E-state index in [4.69, 9.17) is 4.74 Å². The van der Waals surface area contributed by atoms with Crippen LogP contribution in [0, 0.1) is 17.4 Å². The summed E-state index contributed by atoms with van der Waals surface area (Å²) in [6, 6.07) is 7.93. The highest BCUT2D eigenvalue weighted by molar-refractivity contribution is 14.1. The quantitative estimate of drug-likeness (QED) is 0.534. The number of aliphatic hydroxyl groups excluding tert-OH is 1. The number of halogens is 3. The maximum absolute atomic E-state index is 10.9. The molecule has 2 nitrogen and oxygen atoms in total. The van der Waals surface area contributed by atoms with Gasteiger partial charge in [-0.1, -0.05) is 31.9 Å². The first-order valence-electron chi connectivity index (χ1n) is 6.33. The van der Waals surface area contributed by atoms with Gasteiger partial charge in [0.25, 0.3) is 0 Å². The monoisotopic (exact) mass is 524 g/mol. The Balaban J connectivity index is 2.68. The Kier molecular flexibility index (Phi) is 5.73. The molecule has 1 unspecified atom stereocenters. The van der Waals surface area contributed by atoms with Gasteiger partial charge in [-0.25, -0.2) is 0 Å². The Hall–Kier alpha value is -0.110. The molecule has 0 saturated heterocycles. The van der Waals surface area contributed by atoms with Crippen molar-refractivity contribution in [1.82, 2.24) is 0 Å². The number of hydrogen-bond donors (Lipinski definition) is 1. The van der Waals surface area contributed by atoms with Crippen LogP contribution in [-0.2, 0) is 0 Å². The molecule has 0 amide bonds. The molecule has 1 N–H and O–H groups in total. The number of hydrogen-bond acceptors (Lipinski definition) is 2. The van der Waals surface area contributed by atoms with Crippen molar-refractivity contribution in [3.63, 3.8) is 0 Å². The molecular formula is C16H15Br2IO2. The standard InChI is InChI=1S/C16H15Br2IO2/c1-8-6-13(18)9(2)14(16(8)21-3)15(20)11-7-10(19)4-5-12(11)17/h4-7,15,20H,1-3H3. The predicted octanol–water partition coefficient (Wildman–Crippen LogP) is 5.52. The molecule has 0 heterocycles. The van der Waals surface area contributed by atoms with Crippen LogP contribution in [0.3, 0.4) is 0 Å². The zero-order chi connectivity index (χ0) is 15.7. The van der Waals surface area contributed by atoms with Gasteiger partial charge in [-0.05, 0) is 71.8 Å². The van der Waals surface area contributed by atoms with Crippen molar-refractivity contribution in [2.45, 2.75) is 20.0 Å². The molecule has 0 bridgehead atoms. The lowest BCUT2D eigenvalue weighted by Gasteiger charge is -2.21. The van der Waals surface area contributed by atoms with Crippen LogP contribution in [0.4, 0.5) is 0 Å². The van der Waals surface area contributed by atoms with Gasteiger partial charge in [0.2, 0.25) is 0 Å². The molecule has 0 radical (unpaired) electrons. The molecule has 2 aromatic carbocycles. The van der Waals surface area contributed by atoms with Gasteiger partial charge in [0.05, 0.1) is 7.11 Å². The maximum Gasteiger partial charge on any atom is 0.128 e. The van der Waals surface area contributed by atoms with E-state index in [1.165, 1.54) is 0 Å².